The summed E-state index contributed by atoms with van der Waals surface area (Å²) in [6.07, 6.45) is 4.41. The molecule has 0 aliphatic heterocycles. The van der Waals surface area contributed by atoms with Gasteiger partial charge in [0.05, 0.1) is 0 Å². The fourth-order valence-corrected chi connectivity index (χ4v) is 1.91. The van der Waals surface area contributed by atoms with Crippen LogP contribution in [0.25, 0.3) is 0 Å². The smallest absolute Gasteiger partial charge is 0.127 e. The summed E-state index contributed by atoms with van der Waals surface area (Å²) in [5.74, 6) is 1.81. The standard InChI is InChI=1S/C11H17N3/c1-8-5-10(6-8)14-9-3-4-13-11(7-9)12-2/h3-4,7-8,10H,5-6H2,1-2H3,(H2,12,13,14). The van der Waals surface area contributed by atoms with Crippen LogP contribution in [0.15, 0.2) is 18.3 Å². The Kier molecular flexibility index (Phi) is 2.57. The van der Waals surface area contributed by atoms with Crippen LogP contribution in [0, 0.1) is 5.92 Å². The normalized spacial score (nSPS) is 25.3. The molecule has 1 heterocycles. The molecular formula is C11H17N3. The number of nitrogens with one attached hydrogen (secondary N) is 2. The molecule has 0 radical (unpaired) electrons. The molecule has 1 aromatic heterocycles. The van der Waals surface area contributed by atoms with Crippen LogP contribution in [0.1, 0.15) is 19.8 Å². The third-order valence-corrected chi connectivity index (χ3v) is 2.76. The minimum Gasteiger partial charge on any atom is -0.382 e. The molecular weight excluding hydrogens is 174 g/mol. The summed E-state index contributed by atoms with van der Waals surface area (Å²) in [6, 6.07) is 4.73. The lowest BCUT2D eigenvalue weighted by Crippen LogP contribution is -2.33. The zero-order valence-electron chi connectivity index (χ0n) is 8.75. The lowest BCUT2D eigenvalue weighted by molar-refractivity contribution is 0.309. The van der Waals surface area contributed by atoms with E-state index in [-0.39, 0.29) is 0 Å². The highest BCUT2D eigenvalue weighted by atomic mass is 15.0. The second kappa shape index (κ2) is 3.86. The molecule has 2 N–H and O–H groups in total. The average molecular weight is 191 g/mol. The Morgan fingerprint density at radius 3 is 2.86 bits per heavy atom. The summed E-state index contributed by atoms with van der Waals surface area (Å²) in [5.41, 5.74) is 1.17. The van der Waals surface area contributed by atoms with Gasteiger partial charge in [-0.25, -0.2) is 4.98 Å². The third-order valence-electron chi connectivity index (χ3n) is 2.76. The van der Waals surface area contributed by atoms with E-state index in [1.54, 1.807) is 0 Å². The van der Waals surface area contributed by atoms with Crippen molar-refractivity contribution in [3.05, 3.63) is 18.3 Å². The lowest BCUT2D eigenvalue weighted by Gasteiger charge is -2.34. The first-order chi connectivity index (χ1) is 6.78. The van der Waals surface area contributed by atoms with Gasteiger partial charge < -0.3 is 10.6 Å². The molecule has 1 aliphatic carbocycles. The van der Waals surface area contributed by atoms with Gasteiger partial charge >= 0.3 is 0 Å². The molecule has 0 atom stereocenters. The van der Waals surface area contributed by atoms with Gasteiger partial charge in [-0.15, -0.1) is 0 Å². The van der Waals surface area contributed by atoms with Crippen LogP contribution in [-0.4, -0.2) is 18.1 Å². The molecule has 0 unspecified atom stereocenters. The quantitative estimate of drug-likeness (QED) is 0.770. The minimum atomic E-state index is 0.664. The maximum absolute atomic E-state index is 4.17. The molecule has 3 heteroatoms. The zero-order valence-corrected chi connectivity index (χ0v) is 8.75. The number of anilines is 2. The van der Waals surface area contributed by atoms with Gasteiger partial charge in [-0.05, 0) is 24.8 Å². The first kappa shape index (κ1) is 9.31. The van der Waals surface area contributed by atoms with Crippen molar-refractivity contribution < 1.29 is 0 Å². The maximum atomic E-state index is 4.17. The van der Waals surface area contributed by atoms with Crippen LogP contribution in [-0.2, 0) is 0 Å². The Labute approximate surface area is 84.9 Å². The Hall–Kier alpha value is -1.25. The fraction of sp³-hybridized carbons (Fsp3) is 0.545. The molecule has 0 spiro atoms. The largest absolute Gasteiger partial charge is 0.382 e. The van der Waals surface area contributed by atoms with E-state index in [0.29, 0.717) is 6.04 Å². The van der Waals surface area contributed by atoms with E-state index in [2.05, 4.69) is 22.5 Å². The molecule has 0 amide bonds. The van der Waals surface area contributed by atoms with Crippen molar-refractivity contribution >= 4 is 11.5 Å². The van der Waals surface area contributed by atoms with Gasteiger partial charge in [-0.2, -0.15) is 0 Å². The van der Waals surface area contributed by atoms with E-state index in [1.165, 1.54) is 18.5 Å². The molecule has 76 valence electrons. The minimum absolute atomic E-state index is 0.664. The molecule has 1 saturated carbocycles. The van der Waals surface area contributed by atoms with Gasteiger partial charge in [0.2, 0.25) is 0 Å². The monoisotopic (exact) mass is 191 g/mol. The van der Waals surface area contributed by atoms with E-state index < -0.39 is 0 Å². The number of pyridine rings is 1. The zero-order chi connectivity index (χ0) is 9.97. The second-order valence-corrected chi connectivity index (χ2v) is 4.10. The summed E-state index contributed by atoms with van der Waals surface area (Å²) in [5, 5.41) is 6.54. The van der Waals surface area contributed by atoms with E-state index in [0.717, 1.165) is 11.7 Å². The number of hydrogen-bond donors (Lipinski definition) is 2. The van der Waals surface area contributed by atoms with Gasteiger partial charge in [-0.3, -0.25) is 0 Å². The Morgan fingerprint density at radius 1 is 1.43 bits per heavy atom. The van der Waals surface area contributed by atoms with Crippen LogP contribution in [0.2, 0.25) is 0 Å². The number of rotatable bonds is 3. The fourth-order valence-electron chi connectivity index (χ4n) is 1.91. The van der Waals surface area contributed by atoms with Crippen LogP contribution < -0.4 is 10.6 Å². The highest BCUT2D eigenvalue weighted by Gasteiger charge is 2.24. The van der Waals surface area contributed by atoms with E-state index in [4.69, 9.17) is 0 Å². The van der Waals surface area contributed by atoms with Crippen molar-refractivity contribution in [2.45, 2.75) is 25.8 Å². The molecule has 0 bridgehead atoms. The van der Waals surface area contributed by atoms with E-state index in [9.17, 15) is 0 Å². The summed E-state index contributed by atoms with van der Waals surface area (Å²) >= 11 is 0. The predicted octanol–water partition coefficient (Wildman–Crippen LogP) is 2.33. The van der Waals surface area contributed by atoms with E-state index >= 15 is 0 Å². The van der Waals surface area contributed by atoms with Crippen molar-refractivity contribution in [2.75, 3.05) is 17.7 Å². The maximum Gasteiger partial charge on any atom is 0.127 e. The summed E-state index contributed by atoms with van der Waals surface area (Å²) in [7, 11) is 1.89. The third kappa shape index (κ3) is 1.97. The van der Waals surface area contributed by atoms with Gasteiger partial charge in [0, 0.05) is 31.0 Å². The van der Waals surface area contributed by atoms with Crippen molar-refractivity contribution in [1.82, 2.24) is 4.98 Å². The van der Waals surface area contributed by atoms with Crippen LogP contribution in [0.5, 0.6) is 0 Å². The second-order valence-electron chi connectivity index (χ2n) is 4.10. The molecule has 14 heavy (non-hydrogen) atoms. The molecule has 1 aliphatic rings. The molecule has 2 rings (SSSR count). The molecule has 0 saturated heterocycles. The van der Waals surface area contributed by atoms with Crippen LogP contribution >= 0.6 is 0 Å². The molecule has 1 fully saturated rings. The van der Waals surface area contributed by atoms with Gasteiger partial charge in [-0.1, -0.05) is 6.92 Å². The number of nitrogens with zero attached hydrogens (tertiary/aromatic N) is 1. The van der Waals surface area contributed by atoms with Crippen LogP contribution in [0.3, 0.4) is 0 Å². The highest BCUT2D eigenvalue weighted by Crippen LogP contribution is 2.29. The number of aromatic nitrogens is 1. The average Bonchev–Trinajstić information content (AvgIpc) is 2.16. The molecule has 1 aromatic rings. The number of hydrogen-bond acceptors (Lipinski definition) is 3. The van der Waals surface area contributed by atoms with E-state index in [1.807, 2.05) is 25.4 Å². The predicted molar refractivity (Wildman–Crippen MR) is 59.6 cm³/mol. The SMILES string of the molecule is CNc1cc(NC2CC(C)C2)ccn1. The van der Waals surface area contributed by atoms with Crippen molar-refractivity contribution in [3.8, 4) is 0 Å². The van der Waals surface area contributed by atoms with Crippen molar-refractivity contribution in [2.24, 2.45) is 5.92 Å². The van der Waals surface area contributed by atoms with Gasteiger partial charge in [0.25, 0.3) is 0 Å². The summed E-state index contributed by atoms with van der Waals surface area (Å²) in [4.78, 5) is 4.17. The molecule has 0 aromatic carbocycles. The van der Waals surface area contributed by atoms with Gasteiger partial charge in [0.1, 0.15) is 5.82 Å². The van der Waals surface area contributed by atoms with Gasteiger partial charge in [0.15, 0.2) is 0 Å². The Balaban J connectivity index is 1.95. The Morgan fingerprint density at radius 2 is 2.21 bits per heavy atom. The summed E-state index contributed by atoms with van der Waals surface area (Å²) < 4.78 is 0. The Bertz CT molecular complexity index is 305. The summed E-state index contributed by atoms with van der Waals surface area (Å²) in [6.45, 7) is 2.30. The van der Waals surface area contributed by atoms with Crippen molar-refractivity contribution in [1.29, 1.82) is 0 Å². The van der Waals surface area contributed by atoms with Crippen LogP contribution in [0.4, 0.5) is 11.5 Å². The molecule has 3 nitrogen and oxygen atoms in total. The first-order valence-corrected chi connectivity index (χ1v) is 5.18. The topological polar surface area (TPSA) is 37.0 Å². The van der Waals surface area contributed by atoms with Crippen molar-refractivity contribution in [3.63, 3.8) is 0 Å². The lowest BCUT2D eigenvalue weighted by atomic mass is 9.82. The highest BCUT2D eigenvalue weighted by molar-refractivity contribution is 5.52. The first-order valence-electron chi connectivity index (χ1n) is 5.18.